The Labute approximate surface area is 136 Å². The Balaban J connectivity index is 2.70. The predicted molar refractivity (Wildman–Crippen MR) is 89.7 cm³/mol. The van der Waals surface area contributed by atoms with Crippen molar-refractivity contribution in [1.82, 2.24) is 5.32 Å². The molecular formula is C16H23NO4S. The summed E-state index contributed by atoms with van der Waals surface area (Å²) in [6.45, 7) is 4.17. The number of thioether (sulfide) groups is 1. The number of carbonyl (C=O) groups excluding carboxylic acids is 1. The molecule has 0 spiro atoms. The lowest BCUT2D eigenvalue weighted by Gasteiger charge is -2.17. The molecule has 22 heavy (non-hydrogen) atoms. The number of rotatable bonds is 10. The largest absolute Gasteiger partial charge is 0.497 e. The zero-order chi connectivity index (χ0) is 16.4. The second-order valence-corrected chi connectivity index (χ2v) is 5.54. The zero-order valence-electron chi connectivity index (χ0n) is 13.3. The first-order chi connectivity index (χ1) is 10.7. The third kappa shape index (κ3) is 5.61. The van der Waals surface area contributed by atoms with E-state index in [2.05, 4.69) is 11.9 Å². The first-order valence-corrected chi connectivity index (χ1v) is 8.02. The molecule has 0 aliphatic heterocycles. The van der Waals surface area contributed by atoms with Gasteiger partial charge >= 0.3 is 5.97 Å². The number of hydrogen-bond acceptors (Lipinski definition) is 6. The second kappa shape index (κ2) is 10.1. The van der Waals surface area contributed by atoms with Crippen molar-refractivity contribution >= 4 is 17.7 Å². The molecule has 0 aliphatic rings. The van der Waals surface area contributed by atoms with Crippen molar-refractivity contribution in [3.05, 3.63) is 36.4 Å². The van der Waals surface area contributed by atoms with Crippen molar-refractivity contribution in [2.45, 2.75) is 12.6 Å². The maximum Gasteiger partial charge on any atom is 0.323 e. The minimum Gasteiger partial charge on any atom is -0.497 e. The van der Waals surface area contributed by atoms with Gasteiger partial charge in [-0.2, -0.15) is 11.8 Å². The van der Waals surface area contributed by atoms with Crippen LogP contribution in [0.2, 0.25) is 0 Å². The van der Waals surface area contributed by atoms with Gasteiger partial charge in [0.2, 0.25) is 0 Å². The minimum atomic E-state index is -0.373. The summed E-state index contributed by atoms with van der Waals surface area (Å²) >= 11 is 1.62. The Kier molecular flexibility index (Phi) is 8.47. The van der Waals surface area contributed by atoms with E-state index in [0.29, 0.717) is 18.0 Å². The van der Waals surface area contributed by atoms with E-state index in [4.69, 9.17) is 14.2 Å². The lowest BCUT2D eigenvalue weighted by atomic mass is 10.1. The predicted octanol–water partition coefficient (Wildman–Crippen LogP) is 2.25. The summed E-state index contributed by atoms with van der Waals surface area (Å²) in [6.07, 6.45) is 1.81. The van der Waals surface area contributed by atoms with E-state index in [9.17, 15) is 4.79 Å². The molecule has 0 unspecified atom stereocenters. The van der Waals surface area contributed by atoms with E-state index in [1.807, 2.05) is 24.3 Å². The summed E-state index contributed by atoms with van der Waals surface area (Å²) in [7, 11) is 4.61. The third-order valence-corrected chi connectivity index (χ3v) is 4.08. The van der Waals surface area contributed by atoms with Crippen LogP contribution in [0, 0.1) is 0 Å². The summed E-state index contributed by atoms with van der Waals surface area (Å²) in [6, 6.07) is 5.22. The molecule has 1 aromatic rings. The van der Waals surface area contributed by atoms with Crippen molar-refractivity contribution in [3.8, 4) is 11.5 Å². The molecule has 1 rings (SSSR count). The van der Waals surface area contributed by atoms with Crippen molar-refractivity contribution in [3.63, 3.8) is 0 Å². The Bertz CT molecular complexity index is 493. The SMILES string of the molecule is C=CCSC[C@H](NCc1ccc(OC)cc1OC)C(=O)OC. The molecule has 0 heterocycles. The maximum absolute atomic E-state index is 11.8. The van der Waals surface area contributed by atoms with Crippen LogP contribution in [0.4, 0.5) is 0 Å². The average Bonchev–Trinajstić information content (AvgIpc) is 2.57. The molecule has 0 bridgehead atoms. The maximum atomic E-state index is 11.8. The average molecular weight is 325 g/mol. The Morgan fingerprint density at radius 2 is 2.14 bits per heavy atom. The molecule has 0 fully saturated rings. The topological polar surface area (TPSA) is 56.8 Å². The molecule has 0 saturated carbocycles. The molecule has 0 aliphatic carbocycles. The number of carbonyl (C=O) groups is 1. The highest BCUT2D eigenvalue weighted by Gasteiger charge is 2.19. The zero-order valence-corrected chi connectivity index (χ0v) is 14.1. The summed E-state index contributed by atoms with van der Waals surface area (Å²) in [5, 5.41) is 3.21. The smallest absolute Gasteiger partial charge is 0.323 e. The fourth-order valence-corrected chi connectivity index (χ4v) is 2.65. The highest BCUT2D eigenvalue weighted by molar-refractivity contribution is 7.99. The fraction of sp³-hybridized carbons (Fsp3) is 0.438. The van der Waals surface area contributed by atoms with Gasteiger partial charge in [0.15, 0.2) is 0 Å². The molecule has 0 amide bonds. The molecule has 6 heteroatoms. The summed E-state index contributed by atoms with van der Waals surface area (Å²) in [5.74, 6) is 2.59. The highest BCUT2D eigenvalue weighted by Crippen LogP contribution is 2.24. The Morgan fingerprint density at radius 1 is 1.36 bits per heavy atom. The van der Waals surface area contributed by atoms with Crippen LogP contribution in [0.25, 0.3) is 0 Å². The molecule has 1 aromatic carbocycles. The summed E-state index contributed by atoms with van der Waals surface area (Å²) in [4.78, 5) is 11.8. The van der Waals surface area contributed by atoms with E-state index < -0.39 is 0 Å². The van der Waals surface area contributed by atoms with Crippen LogP contribution >= 0.6 is 11.8 Å². The monoisotopic (exact) mass is 325 g/mol. The van der Waals surface area contributed by atoms with Crippen LogP contribution in [0.5, 0.6) is 11.5 Å². The van der Waals surface area contributed by atoms with E-state index in [0.717, 1.165) is 17.1 Å². The van der Waals surface area contributed by atoms with Gasteiger partial charge < -0.3 is 14.2 Å². The molecule has 0 saturated heterocycles. The Morgan fingerprint density at radius 3 is 2.73 bits per heavy atom. The molecular weight excluding hydrogens is 302 g/mol. The van der Waals surface area contributed by atoms with Crippen molar-refractivity contribution in [2.24, 2.45) is 0 Å². The van der Waals surface area contributed by atoms with Crippen molar-refractivity contribution < 1.29 is 19.0 Å². The minimum absolute atomic E-state index is 0.274. The van der Waals surface area contributed by atoms with Gasteiger partial charge in [-0.05, 0) is 6.07 Å². The van der Waals surface area contributed by atoms with Gasteiger partial charge in [-0.3, -0.25) is 10.1 Å². The molecule has 1 atom stereocenters. The number of hydrogen-bond donors (Lipinski definition) is 1. The van der Waals surface area contributed by atoms with Crippen LogP contribution in [0.15, 0.2) is 30.9 Å². The van der Waals surface area contributed by atoms with E-state index in [1.165, 1.54) is 7.11 Å². The van der Waals surface area contributed by atoms with Crippen molar-refractivity contribution in [1.29, 1.82) is 0 Å². The second-order valence-electron chi connectivity index (χ2n) is 4.46. The van der Waals surface area contributed by atoms with Crippen LogP contribution in [0.1, 0.15) is 5.56 Å². The lowest BCUT2D eigenvalue weighted by molar-refractivity contribution is -0.142. The quantitative estimate of drug-likeness (QED) is 0.404. The molecule has 0 aromatic heterocycles. The first-order valence-electron chi connectivity index (χ1n) is 6.87. The fourth-order valence-electron chi connectivity index (χ4n) is 1.85. The number of esters is 1. The molecule has 5 nitrogen and oxygen atoms in total. The van der Waals surface area contributed by atoms with Gasteiger partial charge in [0, 0.05) is 29.7 Å². The van der Waals surface area contributed by atoms with Gasteiger partial charge in [0.25, 0.3) is 0 Å². The number of nitrogens with one attached hydrogen (secondary N) is 1. The van der Waals surface area contributed by atoms with Crippen molar-refractivity contribution in [2.75, 3.05) is 32.8 Å². The lowest BCUT2D eigenvalue weighted by Crippen LogP contribution is -2.39. The standard InChI is InChI=1S/C16H23NO4S/c1-5-8-22-11-14(16(18)21-4)17-10-12-6-7-13(19-2)9-15(12)20-3/h5-7,9,14,17H,1,8,10-11H2,2-4H3/t14-/m0/s1. The van der Waals surface area contributed by atoms with Gasteiger partial charge in [0.1, 0.15) is 17.5 Å². The summed E-state index contributed by atoms with van der Waals surface area (Å²) in [5.41, 5.74) is 0.950. The van der Waals surface area contributed by atoms with E-state index >= 15 is 0 Å². The number of ether oxygens (including phenoxy) is 3. The van der Waals surface area contributed by atoms with E-state index in [-0.39, 0.29) is 12.0 Å². The summed E-state index contributed by atoms with van der Waals surface area (Å²) < 4.78 is 15.4. The van der Waals surface area contributed by atoms with Crippen LogP contribution in [0.3, 0.4) is 0 Å². The van der Waals surface area contributed by atoms with E-state index in [1.54, 1.807) is 26.0 Å². The number of methoxy groups -OCH3 is 3. The van der Waals surface area contributed by atoms with Gasteiger partial charge in [-0.15, -0.1) is 6.58 Å². The normalized spacial score (nSPS) is 11.6. The Hall–Kier alpha value is -1.66. The van der Waals surface area contributed by atoms with Crippen LogP contribution in [-0.4, -0.2) is 44.8 Å². The van der Waals surface area contributed by atoms with Gasteiger partial charge in [0.05, 0.1) is 21.3 Å². The van der Waals surface area contributed by atoms with Crippen LogP contribution < -0.4 is 14.8 Å². The first kappa shape index (κ1) is 18.4. The van der Waals surface area contributed by atoms with Crippen LogP contribution in [-0.2, 0) is 16.1 Å². The van der Waals surface area contributed by atoms with Gasteiger partial charge in [-0.25, -0.2) is 0 Å². The molecule has 122 valence electrons. The number of benzene rings is 1. The highest BCUT2D eigenvalue weighted by atomic mass is 32.2. The molecule has 1 N–H and O–H groups in total. The molecule has 0 radical (unpaired) electrons. The van der Waals surface area contributed by atoms with Gasteiger partial charge in [-0.1, -0.05) is 12.1 Å². The third-order valence-electron chi connectivity index (χ3n) is 3.04.